The van der Waals surface area contributed by atoms with E-state index in [1.54, 1.807) is 24.4 Å². The van der Waals surface area contributed by atoms with Crippen molar-refractivity contribution >= 4 is 34.0 Å². The molecule has 1 fully saturated rings. The summed E-state index contributed by atoms with van der Waals surface area (Å²) < 4.78 is 11.5. The number of aryl methyl sites for hydroxylation is 1. The number of anilines is 2. The summed E-state index contributed by atoms with van der Waals surface area (Å²) in [4.78, 5) is 14.4. The summed E-state index contributed by atoms with van der Waals surface area (Å²) in [7, 11) is 2.09. The minimum Gasteiger partial charge on any atom is -0.439 e. The summed E-state index contributed by atoms with van der Waals surface area (Å²) >= 11 is 6.64. The first-order valence-electron chi connectivity index (χ1n) is 12.1. The van der Waals surface area contributed by atoms with Crippen LogP contribution in [0.25, 0.3) is 11.0 Å². The molecule has 0 amide bonds. The Labute approximate surface area is 214 Å². The van der Waals surface area contributed by atoms with Gasteiger partial charge in [-0.05, 0) is 37.5 Å². The van der Waals surface area contributed by atoms with E-state index < -0.39 is 6.10 Å². The lowest BCUT2D eigenvalue weighted by Gasteiger charge is -2.46. The van der Waals surface area contributed by atoms with Crippen LogP contribution in [0.3, 0.4) is 0 Å². The number of fused-ring (bicyclic) bond motifs is 3. The first kappa shape index (κ1) is 23.1. The van der Waals surface area contributed by atoms with Gasteiger partial charge in [0.2, 0.25) is 5.88 Å². The molecule has 0 saturated carbocycles. The minimum atomic E-state index is -0.953. The number of benzene rings is 1. The van der Waals surface area contributed by atoms with Crippen LogP contribution in [-0.4, -0.2) is 52.4 Å². The van der Waals surface area contributed by atoms with Crippen LogP contribution >= 0.6 is 11.6 Å². The number of nitrogens with zero attached hydrogens (tertiary/aromatic N) is 3. The number of pyridine rings is 2. The van der Waals surface area contributed by atoms with Crippen molar-refractivity contribution in [1.82, 2.24) is 15.0 Å². The number of aliphatic hydroxyl groups is 1. The van der Waals surface area contributed by atoms with E-state index in [-0.39, 0.29) is 5.54 Å². The molecule has 2 aliphatic rings. The van der Waals surface area contributed by atoms with Crippen LogP contribution in [0.1, 0.15) is 35.6 Å². The summed E-state index contributed by atoms with van der Waals surface area (Å²) in [6.45, 7) is 4.31. The molecule has 3 aromatic heterocycles. The number of halogens is 1. The lowest BCUT2D eigenvalue weighted by atomic mass is 9.86. The lowest BCUT2D eigenvalue weighted by molar-refractivity contribution is 0.0618. The maximum Gasteiger partial charge on any atom is 0.219 e. The van der Waals surface area contributed by atoms with Gasteiger partial charge in [-0.1, -0.05) is 23.7 Å². The summed E-state index contributed by atoms with van der Waals surface area (Å²) in [5.74, 6) is 1.03. The van der Waals surface area contributed by atoms with Crippen LogP contribution in [0.15, 0.2) is 48.9 Å². The van der Waals surface area contributed by atoms with E-state index in [1.807, 2.05) is 31.5 Å². The Kier molecular flexibility index (Phi) is 5.75. The van der Waals surface area contributed by atoms with E-state index in [4.69, 9.17) is 21.1 Å². The van der Waals surface area contributed by atoms with E-state index in [1.165, 1.54) is 0 Å². The SMILES string of the molecule is Cc1ccc(Oc2ccc(C(O)c3c[nH]c4ncc5c(c34)NC3(CCOCC3)CN5C)c(Cl)c2)nc1. The zero-order chi connectivity index (χ0) is 24.9. The number of hydrogen-bond acceptors (Lipinski definition) is 7. The molecule has 186 valence electrons. The third-order valence-corrected chi connectivity index (χ3v) is 7.50. The molecule has 1 saturated heterocycles. The number of H-pyrrole nitrogens is 1. The second-order valence-electron chi connectivity index (χ2n) is 9.72. The molecule has 1 unspecified atom stereocenters. The Morgan fingerprint density at radius 2 is 1.97 bits per heavy atom. The lowest BCUT2D eigenvalue weighted by Crippen LogP contribution is -2.54. The molecule has 4 aromatic rings. The first-order valence-corrected chi connectivity index (χ1v) is 12.5. The van der Waals surface area contributed by atoms with Gasteiger partial charge in [0.25, 0.3) is 0 Å². The van der Waals surface area contributed by atoms with Gasteiger partial charge in [0.15, 0.2) is 0 Å². The standard InChI is InChI=1S/C27H28ClN5O3/c1-16-3-6-22(29-12-16)36-17-4-5-18(20(28)11-17)25(34)19-13-30-26-23(19)24-21(14-31-26)33(2)15-27(32-24)7-9-35-10-8-27/h3-6,11-14,25,32,34H,7-10,15H2,1-2H3,(H,30,31). The Hall–Kier alpha value is -3.33. The van der Waals surface area contributed by atoms with Gasteiger partial charge in [-0.25, -0.2) is 9.97 Å². The van der Waals surface area contributed by atoms with Crippen molar-refractivity contribution in [2.75, 3.05) is 37.0 Å². The molecule has 0 bridgehead atoms. The van der Waals surface area contributed by atoms with Crippen molar-refractivity contribution in [3.63, 3.8) is 0 Å². The van der Waals surface area contributed by atoms with Crippen LogP contribution in [-0.2, 0) is 4.74 Å². The second kappa shape index (κ2) is 8.96. The van der Waals surface area contributed by atoms with Crippen LogP contribution in [0.4, 0.5) is 11.4 Å². The zero-order valence-corrected chi connectivity index (χ0v) is 21.0. The maximum absolute atomic E-state index is 11.5. The second-order valence-corrected chi connectivity index (χ2v) is 10.1. The molecule has 8 nitrogen and oxygen atoms in total. The zero-order valence-electron chi connectivity index (χ0n) is 20.2. The molecule has 5 heterocycles. The Morgan fingerprint density at radius 1 is 1.14 bits per heavy atom. The van der Waals surface area contributed by atoms with Crippen molar-refractivity contribution in [2.45, 2.75) is 31.4 Å². The fraction of sp³-hybridized carbons (Fsp3) is 0.333. The van der Waals surface area contributed by atoms with Gasteiger partial charge in [0.05, 0.1) is 33.5 Å². The molecule has 6 rings (SSSR count). The Bertz CT molecular complexity index is 1420. The van der Waals surface area contributed by atoms with E-state index >= 15 is 0 Å². The molecule has 1 atom stereocenters. The third kappa shape index (κ3) is 4.05. The molecule has 0 aliphatic carbocycles. The molecular formula is C27H28ClN5O3. The largest absolute Gasteiger partial charge is 0.439 e. The molecule has 1 spiro atoms. The van der Waals surface area contributed by atoms with Crippen LogP contribution in [0.5, 0.6) is 11.6 Å². The monoisotopic (exact) mass is 505 g/mol. The summed E-state index contributed by atoms with van der Waals surface area (Å²) in [5.41, 5.74) is 4.99. The molecule has 1 aromatic carbocycles. The highest BCUT2D eigenvalue weighted by Crippen LogP contribution is 2.45. The smallest absolute Gasteiger partial charge is 0.219 e. The molecular weight excluding hydrogens is 478 g/mol. The first-order chi connectivity index (χ1) is 17.4. The average molecular weight is 506 g/mol. The average Bonchev–Trinajstić information content (AvgIpc) is 3.30. The van der Waals surface area contributed by atoms with Crippen molar-refractivity contribution in [3.8, 4) is 11.6 Å². The molecule has 9 heteroatoms. The topological polar surface area (TPSA) is 95.5 Å². The van der Waals surface area contributed by atoms with E-state index in [9.17, 15) is 5.11 Å². The summed E-state index contributed by atoms with van der Waals surface area (Å²) in [5, 5.41) is 16.6. The van der Waals surface area contributed by atoms with Crippen molar-refractivity contribution in [3.05, 3.63) is 70.6 Å². The Balaban J connectivity index is 1.35. The van der Waals surface area contributed by atoms with Gasteiger partial charge in [-0.3, -0.25) is 0 Å². The Morgan fingerprint density at radius 3 is 2.72 bits per heavy atom. The van der Waals surface area contributed by atoms with Gasteiger partial charge in [0.1, 0.15) is 17.5 Å². The molecule has 36 heavy (non-hydrogen) atoms. The number of aliphatic hydroxyl groups excluding tert-OH is 1. The summed E-state index contributed by atoms with van der Waals surface area (Å²) in [6, 6.07) is 9.02. The highest BCUT2D eigenvalue weighted by molar-refractivity contribution is 6.31. The van der Waals surface area contributed by atoms with E-state index in [2.05, 4.69) is 32.2 Å². The fourth-order valence-electron chi connectivity index (χ4n) is 5.23. The van der Waals surface area contributed by atoms with Gasteiger partial charge in [0, 0.05) is 56.4 Å². The van der Waals surface area contributed by atoms with Crippen molar-refractivity contribution in [2.24, 2.45) is 0 Å². The van der Waals surface area contributed by atoms with Crippen LogP contribution < -0.4 is 15.0 Å². The van der Waals surface area contributed by atoms with Gasteiger partial charge < -0.3 is 29.8 Å². The fourth-order valence-corrected chi connectivity index (χ4v) is 5.50. The number of aromatic amines is 1. The number of aromatic nitrogens is 3. The summed E-state index contributed by atoms with van der Waals surface area (Å²) in [6.07, 6.45) is 6.33. The number of nitrogens with one attached hydrogen (secondary N) is 2. The number of ether oxygens (including phenoxy) is 2. The quantitative estimate of drug-likeness (QED) is 0.350. The predicted octanol–water partition coefficient (Wildman–Crippen LogP) is 5.20. The van der Waals surface area contributed by atoms with Gasteiger partial charge in [-0.2, -0.15) is 0 Å². The molecule has 3 N–H and O–H groups in total. The molecule has 0 radical (unpaired) electrons. The maximum atomic E-state index is 11.5. The van der Waals surface area contributed by atoms with Gasteiger partial charge in [-0.15, -0.1) is 0 Å². The van der Waals surface area contributed by atoms with Gasteiger partial charge >= 0.3 is 0 Å². The predicted molar refractivity (Wildman–Crippen MR) is 140 cm³/mol. The number of hydrogen-bond donors (Lipinski definition) is 3. The normalized spacial score (nSPS) is 17.6. The highest BCUT2D eigenvalue weighted by Gasteiger charge is 2.39. The van der Waals surface area contributed by atoms with E-state index in [0.717, 1.165) is 60.5 Å². The van der Waals surface area contributed by atoms with Crippen LogP contribution in [0, 0.1) is 6.92 Å². The third-order valence-electron chi connectivity index (χ3n) is 7.17. The van der Waals surface area contributed by atoms with Crippen LogP contribution in [0.2, 0.25) is 5.02 Å². The highest BCUT2D eigenvalue weighted by atomic mass is 35.5. The number of rotatable bonds is 4. The number of likely N-dealkylation sites (N-methyl/N-ethyl adjacent to an activating group) is 1. The van der Waals surface area contributed by atoms with Crippen molar-refractivity contribution < 1.29 is 14.6 Å². The molecule has 2 aliphatic heterocycles. The van der Waals surface area contributed by atoms with Crippen molar-refractivity contribution in [1.29, 1.82) is 0 Å². The van der Waals surface area contributed by atoms with E-state index in [0.29, 0.717) is 27.9 Å². The minimum absolute atomic E-state index is 0.0750.